The minimum absolute atomic E-state index is 0.0459. The maximum absolute atomic E-state index is 13.7. The van der Waals surface area contributed by atoms with Crippen LogP contribution in [-0.4, -0.2) is 74.5 Å². The van der Waals surface area contributed by atoms with Gasteiger partial charge < -0.3 is 39.9 Å². The number of alkyl halides is 6. The highest BCUT2D eigenvalue weighted by Gasteiger charge is 2.37. The van der Waals surface area contributed by atoms with E-state index >= 15 is 0 Å². The van der Waals surface area contributed by atoms with E-state index in [2.05, 4.69) is 41.2 Å². The number of anilines is 8. The van der Waals surface area contributed by atoms with E-state index in [1.54, 1.807) is 63.1 Å². The average molecular weight is 1040 g/mol. The molecule has 0 aliphatic rings. The highest BCUT2D eigenvalue weighted by atomic mass is 35.5. The van der Waals surface area contributed by atoms with Gasteiger partial charge in [0, 0.05) is 28.0 Å². The van der Waals surface area contributed by atoms with Crippen LogP contribution >= 0.6 is 25.9 Å². The van der Waals surface area contributed by atoms with E-state index in [-0.39, 0.29) is 38.8 Å². The highest BCUT2D eigenvalue weighted by Crippen LogP contribution is 2.42. The number of hydrogen-bond donors (Lipinski definition) is 4. The summed E-state index contributed by atoms with van der Waals surface area (Å²) < 4.78 is 143. The summed E-state index contributed by atoms with van der Waals surface area (Å²) in [6, 6.07) is 21.2. The summed E-state index contributed by atoms with van der Waals surface area (Å²) in [6.07, 6.45) is -8.32. The molecule has 6 rings (SSSR count). The van der Waals surface area contributed by atoms with Crippen molar-refractivity contribution < 1.29 is 53.4 Å². The van der Waals surface area contributed by atoms with Crippen LogP contribution in [0.1, 0.15) is 30.5 Å². The third kappa shape index (κ3) is 13.4. The number of nitrogens with zero attached hydrogens (tertiary/aromatic N) is 5. The topological polar surface area (TPSA) is 210 Å². The van der Waals surface area contributed by atoms with Gasteiger partial charge >= 0.3 is 12.4 Å². The molecule has 6 aromatic rings. The van der Waals surface area contributed by atoms with E-state index in [0.717, 1.165) is 0 Å². The first-order chi connectivity index (χ1) is 32.1. The molecule has 0 bridgehead atoms. The molecule has 0 saturated heterocycles. The lowest BCUT2D eigenvalue weighted by Crippen LogP contribution is -2.17. The van der Waals surface area contributed by atoms with E-state index in [4.69, 9.17) is 21.1 Å². The molecule has 0 amide bonds. The van der Waals surface area contributed by atoms with Crippen LogP contribution < -0.4 is 41.3 Å². The number of sulfone groups is 1. The molecule has 0 fully saturated rings. The van der Waals surface area contributed by atoms with Gasteiger partial charge in [0.2, 0.25) is 11.9 Å². The molecule has 0 unspecified atom stereocenters. The lowest BCUT2D eigenvalue weighted by atomic mass is 10.2. The molecule has 0 radical (unpaired) electrons. The monoisotopic (exact) mass is 1040 g/mol. The largest absolute Gasteiger partial charge is 0.495 e. The summed E-state index contributed by atoms with van der Waals surface area (Å²) in [5.74, 6) is -0.923. The Labute approximate surface area is 398 Å². The zero-order valence-electron chi connectivity index (χ0n) is 37.9. The minimum Gasteiger partial charge on any atom is -0.495 e. The zero-order valence-corrected chi connectivity index (χ0v) is 41.2. The molecule has 0 aliphatic heterocycles. The molecule has 366 valence electrons. The molecule has 0 spiro atoms. The van der Waals surface area contributed by atoms with E-state index in [1.807, 2.05) is 6.07 Å². The van der Waals surface area contributed by atoms with Crippen LogP contribution in [0.5, 0.6) is 11.5 Å². The Kier molecular flexibility index (Phi) is 16.4. The average Bonchev–Trinajstić information content (AvgIpc) is 3.26. The molecule has 2 aromatic heterocycles. The summed E-state index contributed by atoms with van der Waals surface area (Å²) in [5.41, 5.74) is -1.50. The lowest BCUT2D eigenvalue weighted by molar-refractivity contribution is -0.138. The normalized spacial score (nSPS) is 12.0. The fraction of sp³-hybridized carbons (Fsp3) is 0.250. The Morgan fingerprint density at radius 2 is 1.09 bits per heavy atom. The first kappa shape index (κ1) is 53.6. The maximum Gasteiger partial charge on any atom is 0.421 e. The van der Waals surface area contributed by atoms with Gasteiger partial charge in [-0.2, -0.15) is 41.6 Å². The molecule has 4 aromatic carbocycles. The Morgan fingerprint density at radius 3 is 1.49 bits per heavy atom. The Morgan fingerprint density at radius 1 is 0.652 bits per heavy atom. The maximum atomic E-state index is 13.7. The minimum atomic E-state index is -4.81. The molecular weight excluding hydrogens is 994 g/mol. The zero-order chi connectivity index (χ0) is 51.3. The van der Waals surface area contributed by atoms with Gasteiger partial charge in [-0.3, -0.25) is 0 Å². The molecule has 0 saturated carbocycles. The van der Waals surface area contributed by atoms with Gasteiger partial charge in [-0.1, -0.05) is 23.7 Å². The number of rotatable bonds is 14. The summed E-state index contributed by atoms with van der Waals surface area (Å²) in [6.45, 7) is 9.38. The van der Waals surface area contributed by atoms with E-state index in [9.17, 15) is 49.2 Å². The van der Waals surface area contributed by atoms with Crippen LogP contribution in [0.2, 0.25) is 5.02 Å². The SMILES string of the molecule is COc1cc(P(C)(C)=O)ccc1Nc1ncc(C(F)(F)F)c(Nc2ccc(Cl)cc2C#N)n1.COc1cc(P(C)(C)=O)ccc1Nc1ncc(C(F)(F)F)c(Nc2ccccc2S(=O)(=O)C(C)C)n1. The van der Waals surface area contributed by atoms with Gasteiger partial charge in [0.25, 0.3) is 0 Å². The molecule has 69 heavy (non-hydrogen) atoms. The molecular formula is C44H44ClF6N9O6P2S. The Balaban J connectivity index is 0.000000258. The van der Waals surface area contributed by atoms with Crippen molar-refractivity contribution in [2.45, 2.75) is 36.3 Å². The van der Waals surface area contributed by atoms with Crippen molar-refractivity contribution in [2.75, 3.05) is 62.1 Å². The van der Waals surface area contributed by atoms with E-state index in [0.29, 0.717) is 45.9 Å². The standard InChI is InChI=1S/C23H26F3N4O4PS.C21H18ClF3N5O2P/c1-14(2)36(32,33)20-9-7-6-8-18(20)28-21-16(23(24,25)26)13-27-22(30-21)29-17-11-10-15(35(4,5)31)12-19(17)34-3;1-32-18-9-14(33(2,3)31)5-7-17(18)29-20-27-11-15(21(23,24)25)19(30-20)28-16-6-4-13(22)8-12(16)10-26/h6-14H,1-5H3,(H2,27,28,29,30);4-9,11H,1-3H3,(H2,27,28,29,30). The van der Waals surface area contributed by atoms with Crippen molar-refractivity contribution in [3.8, 4) is 17.6 Å². The van der Waals surface area contributed by atoms with Gasteiger partial charge in [-0.25, -0.2) is 18.4 Å². The fourth-order valence-corrected chi connectivity index (χ4v) is 9.11. The van der Waals surface area contributed by atoms with E-state index in [1.165, 1.54) is 70.5 Å². The first-order valence-corrected chi connectivity index (χ1v) is 27.2. The summed E-state index contributed by atoms with van der Waals surface area (Å²) in [5, 5.41) is 20.6. The van der Waals surface area contributed by atoms with Crippen LogP contribution in [0.3, 0.4) is 0 Å². The number of halogens is 7. The number of aromatic nitrogens is 4. The van der Waals surface area contributed by atoms with Crippen LogP contribution in [0.25, 0.3) is 0 Å². The van der Waals surface area contributed by atoms with Crippen molar-refractivity contribution in [1.29, 1.82) is 5.26 Å². The van der Waals surface area contributed by atoms with Crippen molar-refractivity contribution in [1.82, 2.24) is 19.9 Å². The highest BCUT2D eigenvalue weighted by molar-refractivity contribution is 7.92. The van der Waals surface area contributed by atoms with Crippen LogP contribution in [0.4, 0.5) is 72.6 Å². The number of methoxy groups -OCH3 is 2. The quantitative estimate of drug-likeness (QED) is 0.0591. The lowest BCUT2D eigenvalue weighted by Gasteiger charge is -2.18. The van der Waals surface area contributed by atoms with Crippen molar-refractivity contribution >= 4 is 92.6 Å². The number of nitrogens with one attached hydrogen (secondary N) is 4. The second-order valence-electron chi connectivity index (χ2n) is 15.8. The van der Waals surface area contributed by atoms with Crippen LogP contribution in [0, 0.1) is 11.3 Å². The van der Waals surface area contributed by atoms with Crippen molar-refractivity contribution in [3.63, 3.8) is 0 Å². The molecule has 0 atom stereocenters. The number of ether oxygens (including phenoxy) is 2. The molecule has 15 nitrogen and oxygen atoms in total. The third-order valence-electron chi connectivity index (χ3n) is 9.72. The van der Waals surface area contributed by atoms with Crippen molar-refractivity contribution in [2.24, 2.45) is 0 Å². The number of nitriles is 1. The predicted octanol–water partition coefficient (Wildman–Crippen LogP) is 11.2. The second-order valence-corrected chi connectivity index (χ2v) is 25.1. The first-order valence-electron chi connectivity index (χ1n) is 20.0. The third-order valence-corrected chi connectivity index (χ3v) is 15.2. The van der Waals surface area contributed by atoms with E-state index < -0.39 is 64.5 Å². The van der Waals surface area contributed by atoms with Crippen molar-refractivity contribution in [3.05, 3.63) is 113 Å². The Bertz CT molecular complexity index is 3130. The predicted molar refractivity (Wildman–Crippen MR) is 256 cm³/mol. The smallest absolute Gasteiger partial charge is 0.421 e. The van der Waals surface area contributed by atoms with Gasteiger partial charge in [-0.15, -0.1) is 0 Å². The van der Waals surface area contributed by atoms with Gasteiger partial charge in [-0.05, 0) is 107 Å². The van der Waals surface area contributed by atoms with Crippen LogP contribution in [0.15, 0.2) is 96.2 Å². The number of hydrogen-bond acceptors (Lipinski definition) is 15. The van der Waals surface area contributed by atoms with Gasteiger partial charge in [0.15, 0.2) is 9.84 Å². The van der Waals surface area contributed by atoms with Crippen LogP contribution in [-0.2, 0) is 31.3 Å². The molecule has 0 aliphatic carbocycles. The van der Waals surface area contributed by atoms with Gasteiger partial charge in [0.1, 0.15) is 54.6 Å². The summed E-state index contributed by atoms with van der Waals surface area (Å²) in [4.78, 5) is 15.3. The number of benzene rings is 4. The molecule has 4 N–H and O–H groups in total. The molecule has 2 heterocycles. The summed E-state index contributed by atoms with van der Waals surface area (Å²) in [7, 11) is -6.13. The Hall–Kier alpha value is -6.39. The number of para-hydroxylation sites is 1. The fourth-order valence-electron chi connectivity index (χ4n) is 6.01. The second kappa shape index (κ2) is 21.1. The molecule has 25 heteroatoms. The van der Waals surface area contributed by atoms with Gasteiger partial charge in [0.05, 0.1) is 52.7 Å². The summed E-state index contributed by atoms with van der Waals surface area (Å²) >= 11 is 5.86.